The summed E-state index contributed by atoms with van der Waals surface area (Å²) in [5.41, 5.74) is 0. The van der Waals surface area contributed by atoms with Gasteiger partial charge in [-0.25, -0.2) is 0 Å². The number of carbonyl (C=O) groups is 1. The smallest absolute Gasteiger partial charge is 0.308 e. The molecular weight excluding hydrogens is 140 g/mol. The fourth-order valence-electron chi connectivity index (χ4n) is 0.532. The van der Waals surface area contributed by atoms with E-state index in [1.54, 1.807) is 0 Å². The van der Waals surface area contributed by atoms with Crippen LogP contribution in [0.25, 0.3) is 0 Å². The van der Waals surface area contributed by atoms with Crippen LogP contribution in [-0.2, 0) is 9.53 Å². The van der Waals surface area contributed by atoms with Crippen molar-refractivity contribution in [3.05, 3.63) is 12.2 Å². The second kappa shape index (κ2) is 5.96. The van der Waals surface area contributed by atoms with Crippen molar-refractivity contribution in [3.8, 4) is 0 Å². The molecule has 0 rings (SSSR count). The van der Waals surface area contributed by atoms with Gasteiger partial charge in [0, 0.05) is 0 Å². The maximum Gasteiger partial charge on any atom is 0.308 e. The normalized spacial score (nSPS) is 10.9. The van der Waals surface area contributed by atoms with Crippen molar-refractivity contribution in [1.82, 2.24) is 0 Å². The topological polar surface area (TPSA) is 26.3 Å². The molecular formula is C9H16O2. The summed E-state index contributed by atoms with van der Waals surface area (Å²) < 4.78 is 4.88. The monoisotopic (exact) mass is 156 g/mol. The van der Waals surface area contributed by atoms with Gasteiger partial charge in [-0.3, -0.25) is 4.79 Å². The zero-order chi connectivity index (χ0) is 8.69. The Labute approximate surface area is 68.2 Å². The van der Waals surface area contributed by atoms with Crippen molar-refractivity contribution in [3.63, 3.8) is 0 Å². The molecule has 2 nitrogen and oxygen atoms in total. The number of ether oxygens (including phenoxy) is 1. The second-order valence-electron chi connectivity index (χ2n) is 2.66. The summed E-state index contributed by atoms with van der Waals surface area (Å²) in [6.07, 6.45) is 4.83. The Balaban J connectivity index is 3.39. The van der Waals surface area contributed by atoms with Crippen molar-refractivity contribution >= 4 is 5.97 Å². The summed E-state index contributed by atoms with van der Waals surface area (Å²) in [7, 11) is 0. The zero-order valence-electron chi connectivity index (χ0n) is 7.46. The molecule has 0 atom stereocenters. The van der Waals surface area contributed by atoms with Gasteiger partial charge in [-0.2, -0.15) is 0 Å². The van der Waals surface area contributed by atoms with E-state index in [9.17, 15) is 4.79 Å². The molecule has 0 aliphatic heterocycles. The summed E-state index contributed by atoms with van der Waals surface area (Å²) in [6.45, 7) is 6.10. The molecule has 0 spiro atoms. The maximum absolute atomic E-state index is 10.8. The fraction of sp³-hybridized carbons (Fsp3) is 0.667. The predicted molar refractivity (Wildman–Crippen MR) is 45.2 cm³/mol. The molecule has 2 heteroatoms. The fourth-order valence-corrected chi connectivity index (χ4v) is 0.532. The first kappa shape index (κ1) is 10.2. The van der Waals surface area contributed by atoms with Crippen LogP contribution in [0.4, 0.5) is 0 Å². The van der Waals surface area contributed by atoms with Gasteiger partial charge in [0.05, 0.1) is 5.92 Å². The van der Waals surface area contributed by atoms with E-state index in [1.165, 1.54) is 0 Å². The molecule has 0 N–H and O–H groups in total. The van der Waals surface area contributed by atoms with E-state index in [0.29, 0.717) is 6.61 Å². The highest BCUT2D eigenvalue weighted by molar-refractivity contribution is 5.71. The van der Waals surface area contributed by atoms with Crippen molar-refractivity contribution < 1.29 is 9.53 Å². The van der Waals surface area contributed by atoms with Crippen molar-refractivity contribution in [2.45, 2.75) is 27.2 Å². The van der Waals surface area contributed by atoms with Gasteiger partial charge in [0.2, 0.25) is 0 Å². The lowest BCUT2D eigenvalue weighted by Gasteiger charge is -2.02. The minimum Gasteiger partial charge on any atom is -0.461 e. The Hall–Kier alpha value is -0.790. The molecule has 0 heterocycles. The molecule has 0 aliphatic rings. The van der Waals surface area contributed by atoms with Crippen LogP contribution in [0.15, 0.2) is 12.2 Å². The lowest BCUT2D eigenvalue weighted by Crippen LogP contribution is -2.11. The molecule has 0 aromatic heterocycles. The van der Waals surface area contributed by atoms with Crippen LogP contribution in [0.5, 0.6) is 0 Å². The number of hydrogen-bond donors (Lipinski definition) is 0. The largest absolute Gasteiger partial charge is 0.461 e. The van der Waals surface area contributed by atoms with E-state index in [4.69, 9.17) is 4.74 Å². The van der Waals surface area contributed by atoms with Crippen LogP contribution in [-0.4, -0.2) is 12.6 Å². The van der Waals surface area contributed by atoms with Crippen LogP contribution in [0.3, 0.4) is 0 Å². The van der Waals surface area contributed by atoms with E-state index < -0.39 is 0 Å². The first-order chi connectivity index (χ1) is 5.18. The Morgan fingerprint density at radius 1 is 1.45 bits per heavy atom. The first-order valence-corrected chi connectivity index (χ1v) is 4.00. The van der Waals surface area contributed by atoms with Gasteiger partial charge < -0.3 is 4.74 Å². The highest BCUT2D eigenvalue weighted by Gasteiger charge is 2.05. The molecule has 0 saturated heterocycles. The minimum absolute atomic E-state index is 0.0231. The number of rotatable bonds is 4. The van der Waals surface area contributed by atoms with Gasteiger partial charge in [0.25, 0.3) is 0 Å². The molecule has 0 aromatic carbocycles. The van der Waals surface area contributed by atoms with Gasteiger partial charge in [0.1, 0.15) is 6.61 Å². The maximum atomic E-state index is 10.8. The third-order valence-corrected chi connectivity index (χ3v) is 1.20. The molecule has 11 heavy (non-hydrogen) atoms. The Morgan fingerprint density at radius 3 is 2.55 bits per heavy atom. The van der Waals surface area contributed by atoms with E-state index >= 15 is 0 Å². The van der Waals surface area contributed by atoms with Crippen LogP contribution >= 0.6 is 0 Å². The van der Waals surface area contributed by atoms with Crippen LogP contribution in [0.2, 0.25) is 0 Å². The molecule has 0 radical (unpaired) electrons. The van der Waals surface area contributed by atoms with Gasteiger partial charge in [0.15, 0.2) is 0 Å². The van der Waals surface area contributed by atoms with Crippen molar-refractivity contribution in [2.24, 2.45) is 5.92 Å². The summed E-state index contributed by atoms with van der Waals surface area (Å²) in [6, 6.07) is 0. The minimum atomic E-state index is -0.134. The van der Waals surface area contributed by atoms with Crippen LogP contribution < -0.4 is 0 Å². The van der Waals surface area contributed by atoms with E-state index in [1.807, 2.05) is 32.9 Å². The average molecular weight is 156 g/mol. The standard InChI is InChI=1S/C9H16O2/c1-4-5-6-7-11-9(10)8(2)3/h5-6,8H,4,7H2,1-3H3/b6-5-. The first-order valence-electron chi connectivity index (χ1n) is 4.00. The van der Waals surface area contributed by atoms with E-state index in [2.05, 4.69) is 0 Å². The average Bonchev–Trinajstić information content (AvgIpc) is 1.97. The Bertz CT molecular complexity index is 136. The highest BCUT2D eigenvalue weighted by Crippen LogP contribution is 1.95. The number of esters is 1. The molecule has 0 unspecified atom stereocenters. The number of allylic oxidation sites excluding steroid dienone is 1. The summed E-state index contributed by atoms with van der Waals surface area (Å²) in [5, 5.41) is 0. The van der Waals surface area contributed by atoms with Gasteiger partial charge in [-0.1, -0.05) is 32.9 Å². The zero-order valence-corrected chi connectivity index (χ0v) is 7.46. The molecule has 64 valence electrons. The third-order valence-electron chi connectivity index (χ3n) is 1.20. The van der Waals surface area contributed by atoms with Crippen LogP contribution in [0, 0.1) is 5.92 Å². The summed E-state index contributed by atoms with van der Waals surface area (Å²) >= 11 is 0. The second-order valence-corrected chi connectivity index (χ2v) is 2.66. The lowest BCUT2D eigenvalue weighted by molar-refractivity contribution is -0.146. The Morgan fingerprint density at radius 2 is 2.09 bits per heavy atom. The quantitative estimate of drug-likeness (QED) is 0.460. The predicted octanol–water partition coefficient (Wildman–Crippen LogP) is 2.15. The SMILES string of the molecule is CC/C=C\COC(=O)C(C)C. The molecule has 0 aliphatic carbocycles. The third kappa shape index (κ3) is 5.64. The van der Waals surface area contributed by atoms with E-state index in [0.717, 1.165) is 6.42 Å². The summed E-state index contributed by atoms with van der Waals surface area (Å²) in [5.74, 6) is -0.157. The van der Waals surface area contributed by atoms with Gasteiger partial charge >= 0.3 is 5.97 Å². The van der Waals surface area contributed by atoms with Gasteiger partial charge in [-0.15, -0.1) is 0 Å². The molecule has 0 saturated carbocycles. The number of carbonyl (C=O) groups excluding carboxylic acids is 1. The number of hydrogen-bond acceptors (Lipinski definition) is 2. The Kier molecular flexibility index (Phi) is 5.53. The lowest BCUT2D eigenvalue weighted by atomic mass is 10.2. The molecule has 0 amide bonds. The molecule has 0 bridgehead atoms. The van der Waals surface area contributed by atoms with Crippen molar-refractivity contribution in [2.75, 3.05) is 6.61 Å². The van der Waals surface area contributed by atoms with Crippen molar-refractivity contribution in [1.29, 1.82) is 0 Å². The van der Waals surface area contributed by atoms with Crippen LogP contribution in [0.1, 0.15) is 27.2 Å². The van der Waals surface area contributed by atoms with Gasteiger partial charge in [-0.05, 0) is 6.42 Å². The molecule has 0 fully saturated rings. The summed E-state index contributed by atoms with van der Waals surface area (Å²) in [4.78, 5) is 10.8. The van der Waals surface area contributed by atoms with E-state index in [-0.39, 0.29) is 11.9 Å². The highest BCUT2D eigenvalue weighted by atomic mass is 16.5. The molecule has 0 aromatic rings.